The van der Waals surface area contributed by atoms with Crippen molar-refractivity contribution in [1.29, 1.82) is 0 Å². The number of benzene rings is 1. The van der Waals surface area contributed by atoms with Crippen LogP contribution in [0, 0.1) is 11.7 Å². The van der Waals surface area contributed by atoms with Gasteiger partial charge in [-0.25, -0.2) is 12.8 Å². The van der Waals surface area contributed by atoms with E-state index >= 15 is 0 Å². The van der Waals surface area contributed by atoms with Crippen LogP contribution in [-0.4, -0.2) is 27.5 Å². The van der Waals surface area contributed by atoms with Gasteiger partial charge in [0.05, 0.1) is 0 Å². The molecule has 1 N–H and O–H groups in total. The third-order valence-electron chi connectivity index (χ3n) is 2.57. The Morgan fingerprint density at radius 2 is 2.10 bits per heavy atom. The summed E-state index contributed by atoms with van der Waals surface area (Å²) in [6, 6.07) is 2.89. The van der Waals surface area contributed by atoms with Crippen molar-refractivity contribution in [2.24, 2.45) is 5.92 Å². The van der Waals surface area contributed by atoms with E-state index in [1.54, 1.807) is 0 Å². The minimum absolute atomic E-state index is 0.162. The molecule has 0 atom stereocenters. The van der Waals surface area contributed by atoms with Gasteiger partial charge in [-0.05, 0) is 30.5 Å². The Balaban J connectivity index is 2.66. The molecule has 5 nitrogen and oxygen atoms in total. The average Bonchev–Trinajstić information content (AvgIpc) is 2.35. The highest BCUT2D eigenvalue weighted by molar-refractivity contribution is 8.13. The second-order valence-electron chi connectivity index (χ2n) is 4.85. The summed E-state index contributed by atoms with van der Waals surface area (Å²) < 4.78 is 40.8. The molecular formula is C13H17ClFNO4S. The van der Waals surface area contributed by atoms with Gasteiger partial charge in [-0.1, -0.05) is 13.8 Å². The quantitative estimate of drug-likeness (QED) is 0.775. The van der Waals surface area contributed by atoms with Crippen LogP contribution in [0.2, 0.25) is 0 Å². The molecule has 0 unspecified atom stereocenters. The summed E-state index contributed by atoms with van der Waals surface area (Å²) in [6.45, 7) is 4.19. The first-order chi connectivity index (χ1) is 9.70. The van der Waals surface area contributed by atoms with E-state index in [2.05, 4.69) is 5.32 Å². The maximum atomic E-state index is 13.1. The lowest BCUT2D eigenvalue weighted by molar-refractivity contribution is -0.123. The van der Waals surface area contributed by atoms with Gasteiger partial charge in [0.2, 0.25) is 0 Å². The zero-order valence-electron chi connectivity index (χ0n) is 11.7. The van der Waals surface area contributed by atoms with Gasteiger partial charge in [-0.15, -0.1) is 0 Å². The molecule has 8 heteroatoms. The lowest BCUT2D eigenvalue weighted by Gasteiger charge is -2.10. The molecule has 1 amide bonds. The molecule has 0 saturated heterocycles. The highest BCUT2D eigenvalue weighted by atomic mass is 35.7. The number of carbonyl (C=O) groups excluding carboxylic acids is 1. The van der Waals surface area contributed by atoms with Crippen LogP contribution in [0.3, 0.4) is 0 Å². The fourth-order valence-electron chi connectivity index (χ4n) is 1.49. The van der Waals surface area contributed by atoms with E-state index in [-0.39, 0.29) is 12.4 Å². The van der Waals surface area contributed by atoms with Gasteiger partial charge in [0.15, 0.2) is 6.61 Å². The Morgan fingerprint density at radius 3 is 2.67 bits per heavy atom. The number of hydrogen-bond donors (Lipinski definition) is 1. The van der Waals surface area contributed by atoms with Gasteiger partial charge < -0.3 is 10.1 Å². The van der Waals surface area contributed by atoms with Crippen LogP contribution in [0.25, 0.3) is 0 Å². The molecule has 0 aliphatic carbocycles. The Kier molecular flexibility index (Phi) is 6.42. The normalized spacial score (nSPS) is 11.5. The topological polar surface area (TPSA) is 72.5 Å². The molecule has 0 heterocycles. The Bertz CT molecular complexity index is 604. The largest absolute Gasteiger partial charge is 0.482 e. The summed E-state index contributed by atoms with van der Waals surface area (Å²) in [6.07, 6.45) is 0.823. The molecule has 0 radical (unpaired) electrons. The number of nitrogens with one attached hydrogen (secondary N) is 1. The fraction of sp³-hybridized carbons (Fsp3) is 0.462. The molecule has 0 spiro atoms. The maximum absolute atomic E-state index is 13.1. The van der Waals surface area contributed by atoms with Gasteiger partial charge in [0.25, 0.3) is 15.0 Å². The zero-order valence-corrected chi connectivity index (χ0v) is 13.3. The van der Waals surface area contributed by atoms with Crippen molar-refractivity contribution < 1.29 is 22.3 Å². The smallest absolute Gasteiger partial charge is 0.265 e. The molecule has 0 bridgehead atoms. The molecule has 118 valence electrons. The van der Waals surface area contributed by atoms with Crippen LogP contribution in [0.4, 0.5) is 4.39 Å². The van der Waals surface area contributed by atoms with Crippen LogP contribution < -0.4 is 10.1 Å². The van der Waals surface area contributed by atoms with Crippen LogP contribution >= 0.6 is 10.7 Å². The molecular weight excluding hydrogens is 321 g/mol. The predicted octanol–water partition coefficient (Wildman–Crippen LogP) is 2.29. The molecule has 0 aliphatic heterocycles. The molecule has 1 rings (SSSR count). The number of amides is 1. The number of ether oxygens (including phenoxy) is 1. The van der Waals surface area contributed by atoms with E-state index < -0.39 is 25.7 Å². The van der Waals surface area contributed by atoms with E-state index in [4.69, 9.17) is 15.4 Å². The summed E-state index contributed by atoms with van der Waals surface area (Å²) in [7, 11) is 1.04. The van der Waals surface area contributed by atoms with Crippen molar-refractivity contribution in [2.75, 3.05) is 13.2 Å². The van der Waals surface area contributed by atoms with Crippen molar-refractivity contribution in [2.45, 2.75) is 25.2 Å². The van der Waals surface area contributed by atoms with Crippen molar-refractivity contribution in [3.63, 3.8) is 0 Å². The van der Waals surface area contributed by atoms with Crippen LogP contribution in [0.15, 0.2) is 23.1 Å². The molecule has 0 aromatic heterocycles. The van der Waals surface area contributed by atoms with E-state index in [1.165, 1.54) is 0 Å². The average molecular weight is 338 g/mol. The van der Waals surface area contributed by atoms with Crippen LogP contribution in [0.1, 0.15) is 20.3 Å². The summed E-state index contributed by atoms with van der Waals surface area (Å²) in [5, 5.41) is 2.63. The third kappa shape index (κ3) is 6.31. The first-order valence-electron chi connectivity index (χ1n) is 6.34. The summed E-state index contributed by atoms with van der Waals surface area (Å²) in [5.74, 6) is -0.859. The Labute approximate surface area is 127 Å². The number of carbonyl (C=O) groups is 1. The van der Waals surface area contributed by atoms with E-state index in [0.717, 1.165) is 24.6 Å². The number of rotatable bonds is 7. The van der Waals surface area contributed by atoms with Crippen molar-refractivity contribution in [3.8, 4) is 5.75 Å². The standard InChI is InChI=1S/C13H17ClFNO4S/c1-9(2)5-6-16-13(17)8-20-11-4-3-10(15)7-12(11)21(14,18)19/h3-4,7,9H,5-6,8H2,1-2H3,(H,16,17). The highest BCUT2D eigenvalue weighted by Gasteiger charge is 2.18. The van der Waals surface area contributed by atoms with Gasteiger partial charge in [-0.3, -0.25) is 4.79 Å². The monoisotopic (exact) mass is 337 g/mol. The van der Waals surface area contributed by atoms with Gasteiger partial charge in [0, 0.05) is 17.2 Å². The second kappa shape index (κ2) is 7.61. The number of halogens is 2. The molecule has 1 aromatic carbocycles. The predicted molar refractivity (Wildman–Crippen MR) is 77.4 cm³/mol. The summed E-state index contributed by atoms with van der Waals surface area (Å²) >= 11 is 0. The maximum Gasteiger partial charge on any atom is 0.265 e. The van der Waals surface area contributed by atoms with Crippen molar-refractivity contribution in [1.82, 2.24) is 5.32 Å². The lowest BCUT2D eigenvalue weighted by atomic mass is 10.1. The first kappa shape index (κ1) is 17.7. The molecule has 1 aromatic rings. The van der Waals surface area contributed by atoms with E-state index in [0.29, 0.717) is 12.5 Å². The summed E-state index contributed by atoms with van der Waals surface area (Å²) in [4.78, 5) is 11.0. The van der Waals surface area contributed by atoms with Gasteiger partial charge in [0.1, 0.15) is 16.5 Å². The van der Waals surface area contributed by atoms with Crippen molar-refractivity contribution >= 4 is 25.6 Å². The molecule has 0 fully saturated rings. The fourth-order valence-corrected chi connectivity index (χ4v) is 2.47. The van der Waals surface area contributed by atoms with Crippen molar-refractivity contribution in [3.05, 3.63) is 24.0 Å². The first-order valence-corrected chi connectivity index (χ1v) is 8.65. The number of hydrogen-bond acceptors (Lipinski definition) is 4. The van der Waals surface area contributed by atoms with Gasteiger partial charge >= 0.3 is 0 Å². The van der Waals surface area contributed by atoms with Crippen LogP contribution in [-0.2, 0) is 13.8 Å². The van der Waals surface area contributed by atoms with Gasteiger partial charge in [-0.2, -0.15) is 0 Å². The minimum Gasteiger partial charge on any atom is -0.482 e. The SMILES string of the molecule is CC(C)CCNC(=O)COc1ccc(F)cc1S(=O)(=O)Cl. The van der Waals surface area contributed by atoms with E-state index in [1.807, 2.05) is 13.8 Å². The summed E-state index contributed by atoms with van der Waals surface area (Å²) in [5.41, 5.74) is 0. The highest BCUT2D eigenvalue weighted by Crippen LogP contribution is 2.27. The molecule has 0 aliphatic rings. The lowest BCUT2D eigenvalue weighted by Crippen LogP contribution is -2.30. The van der Waals surface area contributed by atoms with E-state index in [9.17, 15) is 17.6 Å². The molecule has 0 saturated carbocycles. The minimum atomic E-state index is -4.16. The Hall–Kier alpha value is -1.34. The second-order valence-corrected chi connectivity index (χ2v) is 7.38. The molecule has 21 heavy (non-hydrogen) atoms. The Morgan fingerprint density at radius 1 is 1.43 bits per heavy atom. The third-order valence-corrected chi connectivity index (χ3v) is 3.91. The van der Waals surface area contributed by atoms with Crippen LogP contribution in [0.5, 0.6) is 5.75 Å². The zero-order chi connectivity index (χ0) is 16.0.